The third-order valence-electron chi connectivity index (χ3n) is 5.69. The molecule has 0 radical (unpaired) electrons. The molecule has 0 bridgehead atoms. The molecular weight excluding hydrogens is 455 g/mol. The van der Waals surface area contributed by atoms with Gasteiger partial charge < -0.3 is 10.1 Å². The number of anilines is 1. The number of amides is 1. The van der Waals surface area contributed by atoms with Crippen molar-refractivity contribution in [2.75, 3.05) is 10.8 Å². The molecule has 0 fully saturated rings. The molecule has 6 nitrogen and oxygen atoms in total. The molecule has 0 aromatic heterocycles. The topological polar surface area (TPSA) is 75.7 Å². The highest BCUT2D eigenvalue weighted by Gasteiger charge is 2.35. The summed E-state index contributed by atoms with van der Waals surface area (Å²) >= 11 is 0. The van der Waals surface area contributed by atoms with Gasteiger partial charge in [-0.15, -0.1) is 0 Å². The maximum Gasteiger partial charge on any atom is 0.264 e. The number of carbonyl (C=O) groups excluding carboxylic acids is 1. The molecule has 1 amide bonds. The van der Waals surface area contributed by atoms with Gasteiger partial charge in [0, 0.05) is 12.0 Å². The molecule has 0 saturated heterocycles. The predicted molar refractivity (Wildman–Crippen MR) is 129 cm³/mol. The molecule has 4 rings (SSSR count). The summed E-state index contributed by atoms with van der Waals surface area (Å²) in [6, 6.07) is 18.3. The number of nitrogens with one attached hydrogen (secondary N) is 1. The molecule has 3 aromatic carbocycles. The minimum absolute atomic E-state index is 0.0418. The van der Waals surface area contributed by atoms with Crippen LogP contribution < -0.4 is 14.4 Å². The second kappa shape index (κ2) is 9.10. The Labute approximate surface area is 199 Å². The summed E-state index contributed by atoms with van der Waals surface area (Å²) in [4.78, 5) is 13.2. The highest BCUT2D eigenvalue weighted by atomic mass is 32.2. The quantitative estimate of drug-likeness (QED) is 0.550. The number of carbonyl (C=O) groups is 1. The fourth-order valence-corrected chi connectivity index (χ4v) is 5.54. The molecule has 8 heteroatoms. The van der Waals surface area contributed by atoms with E-state index >= 15 is 0 Å². The maximum atomic E-state index is 13.5. The van der Waals surface area contributed by atoms with Crippen molar-refractivity contribution in [2.24, 2.45) is 0 Å². The second-order valence-corrected chi connectivity index (χ2v) is 10.9. The van der Waals surface area contributed by atoms with E-state index in [1.54, 1.807) is 18.2 Å². The molecule has 1 heterocycles. The Balaban J connectivity index is 1.64. The third-order valence-corrected chi connectivity index (χ3v) is 7.48. The molecule has 1 unspecified atom stereocenters. The summed E-state index contributed by atoms with van der Waals surface area (Å²) in [7, 11) is -4.07. The summed E-state index contributed by atoms with van der Waals surface area (Å²) < 4.78 is 47.4. The molecule has 0 spiro atoms. The van der Waals surface area contributed by atoms with Gasteiger partial charge in [-0.2, -0.15) is 0 Å². The molecule has 1 atom stereocenters. The van der Waals surface area contributed by atoms with Crippen molar-refractivity contribution < 1.29 is 22.3 Å². The van der Waals surface area contributed by atoms with E-state index in [0.29, 0.717) is 12.2 Å². The number of benzene rings is 3. The van der Waals surface area contributed by atoms with Gasteiger partial charge in [-0.25, -0.2) is 12.8 Å². The number of aryl methyl sites for hydroxylation is 1. The number of hydrogen-bond acceptors (Lipinski definition) is 4. The molecule has 34 heavy (non-hydrogen) atoms. The molecular formula is C26H27FN2O4S. The number of hydrogen-bond donors (Lipinski definition) is 1. The number of fused-ring (bicyclic) bond motifs is 1. The first kappa shape index (κ1) is 23.8. The zero-order valence-electron chi connectivity index (χ0n) is 19.3. The van der Waals surface area contributed by atoms with Gasteiger partial charge in [0.1, 0.15) is 23.7 Å². The van der Waals surface area contributed by atoms with Crippen molar-refractivity contribution >= 4 is 21.6 Å². The van der Waals surface area contributed by atoms with Gasteiger partial charge in [-0.05, 0) is 68.8 Å². The number of ether oxygens (including phenoxy) is 1. The standard InChI is InChI=1S/C26H27FN2O4S/c1-18-9-14-22-23(16-26(2,3)33-24(22)15-18)28-25(30)17-29(20-12-10-19(27)11-13-20)34(31,32)21-7-5-4-6-8-21/h4-15,23H,16-17H2,1-3H3,(H,28,30). The Morgan fingerprint density at radius 1 is 1.09 bits per heavy atom. The van der Waals surface area contributed by atoms with E-state index in [4.69, 9.17) is 4.74 Å². The van der Waals surface area contributed by atoms with E-state index in [-0.39, 0.29) is 16.6 Å². The monoisotopic (exact) mass is 482 g/mol. The van der Waals surface area contributed by atoms with Crippen LogP contribution in [0.2, 0.25) is 0 Å². The van der Waals surface area contributed by atoms with Gasteiger partial charge in [0.15, 0.2) is 0 Å². The lowest BCUT2D eigenvalue weighted by Crippen LogP contribution is -2.45. The van der Waals surface area contributed by atoms with Crippen LogP contribution in [0.15, 0.2) is 77.7 Å². The summed E-state index contributed by atoms with van der Waals surface area (Å²) in [6.45, 7) is 5.40. The van der Waals surface area contributed by atoms with Crippen LogP contribution in [-0.2, 0) is 14.8 Å². The Kier molecular flexibility index (Phi) is 6.36. The molecule has 0 saturated carbocycles. The predicted octanol–water partition coefficient (Wildman–Crippen LogP) is 4.75. The van der Waals surface area contributed by atoms with Crippen molar-refractivity contribution in [3.8, 4) is 5.75 Å². The number of sulfonamides is 1. The highest BCUT2D eigenvalue weighted by molar-refractivity contribution is 7.92. The lowest BCUT2D eigenvalue weighted by Gasteiger charge is -2.38. The highest BCUT2D eigenvalue weighted by Crippen LogP contribution is 2.40. The SMILES string of the molecule is Cc1ccc2c(c1)OC(C)(C)CC2NC(=O)CN(c1ccc(F)cc1)S(=O)(=O)c1ccccc1. The van der Waals surface area contributed by atoms with Crippen LogP contribution in [0.5, 0.6) is 5.75 Å². The normalized spacial score (nSPS) is 16.8. The van der Waals surface area contributed by atoms with Crippen molar-refractivity contribution in [1.29, 1.82) is 0 Å². The number of nitrogens with zero attached hydrogens (tertiary/aromatic N) is 1. The average Bonchev–Trinajstić information content (AvgIpc) is 2.77. The Morgan fingerprint density at radius 2 is 1.76 bits per heavy atom. The second-order valence-electron chi connectivity index (χ2n) is 9.03. The number of rotatable bonds is 6. The molecule has 3 aromatic rings. The van der Waals surface area contributed by atoms with Crippen LogP contribution in [0.1, 0.15) is 37.4 Å². The molecule has 1 aliphatic rings. The first-order valence-corrected chi connectivity index (χ1v) is 12.4. The number of halogens is 1. The van der Waals surface area contributed by atoms with E-state index in [1.165, 1.54) is 36.4 Å². The smallest absolute Gasteiger partial charge is 0.264 e. The molecule has 1 aliphatic heterocycles. The van der Waals surface area contributed by atoms with Gasteiger partial charge >= 0.3 is 0 Å². The lowest BCUT2D eigenvalue weighted by molar-refractivity contribution is -0.120. The van der Waals surface area contributed by atoms with Crippen molar-refractivity contribution in [2.45, 2.75) is 43.7 Å². The molecule has 178 valence electrons. The van der Waals surface area contributed by atoms with Gasteiger partial charge in [0.05, 0.1) is 16.6 Å². The van der Waals surface area contributed by atoms with Crippen LogP contribution in [-0.4, -0.2) is 26.5 Å². The van der Waals surface area contributed by atoms with Gasteiger partial charge in [0.25, 0.3) is 10.0 Å². The Bertz CT molecular complexity index is 1290. The summed E-state index contributed by atoms with van der Waals surface area (Å²) in [5.74, 6) is -0.270. The summed E-state index contributed by atoms with van der Waals surface area (Å²) in [5, 5.41) is 2.99. The largest absolute Gasteiger partial charge is 0.487 e. The van der Waals surface area contributed by atoms with Gasteiger partial charge in [-0.1, -0.05) is 30.3 Å². The minimum Gasteiger partial charge on any atom is -0.487 e. The zero-order valence-corrected chi connectivity index (χ0v) is 20.1. The molecule has 1 N–H and O–H groups in total. The Hall–Kier alpha value is -3.39. The van der Waals surface area contributed by atoms with Crippen LogP contribution in [0.25, 0.3) is 0 Å². The van der Waals surface area contributed by atoms with Crippen molar-refractivity contribution in [3.63, 3.8) is 0 Å². The average molecular weight is 483 g/mol. The summed E-state index contributed by atoms with van der Waals surface area (Å²) in [5.41, 5.74) is 1.57. The third kappa shape index (κ3) is 5.07. The first-order chi connectivity index (χ1) is 16.0. The van der Waals surface area contributed by atoms with E-state index in [0.717, 1.165) is 15.4 Å². The van der Waals surface area contributed by atoms with Crippen LogP contribution in [0.4, 0.5) is 10.1 Å². The van der Waals surface area contributed by atoms with Gasteiger partial charge in [0.2, 0.25) is 5.91 Å². The van der Waals surface area contributed by atoms with Crippen LogP contribution >= 0.6 is 0 Å². The Morgan fingerprint density at radius 3 is 2.44 bits per heavy atom. The fourth-order valence-electron chi connectivity index (χ4n) is 4.10. The fraction of sp³-hybridized carbons (Fsp3) is 0.269. The van der Waals surface area contributed by atoms with E-state index < -0.39 is 33.9 Å². The van der Waals surface area contributed by atoms with Crippen LogP contribution in [0.3, 0.4) is 0 Å². The van der Waals surface area contributed by atoms with Crippen molar-refractivity contribution in [1.82, 2.24) is 5.32 Å². The van der Waals surface area contributed by atoms with E-state index in [9.17, 15) is 17.6 Å². The molecule has 0 aliphatic carbocycles. The zero-order chi connectivity index (χ0) is 24.5. The van der Waals surface area contributed by atoms with Crippen LogP contribution in [0, 0.1) is 12.7 Å². The van der Waals surface area contributed by atoms with Gasteiger partial charge in [-0.3, -0.25) is 9.10 Å². The first-order valence-electron chi connectivity index (χ1n) is 11.0. The van der Waals surface area contributed by atoms with E-state index in [2.05, 4.69) is 5.32 Å². The summed E-state index contributed by atoms with van der Waals surface area (Å²) in [6.07, 6.45) is 0.525. The minimum atomic E-state index is -4.07. The van der Waals surface area contributed by atoms with E-state index in [1.807, 2.05) is 39.0 Å². The maximum absolute atomic E-state index is 13.5. The lowest BCUT2D eigenvalue weighted by atomic mass is 9.89. The van der Waals surface area contributed by atoms with Crippen molar-refractivity contribution in [3.05, 3.63) is 89.7 Å².